The Bertz CT molecular complexity index is 878. The predicted octanol–water partition coefficient (Wildman–Crippen LogP) is 1.64. The van der Waals surface area contributed by atoms with Crippen molar-refractivity contribution in [2.24, 2.45) is 0 Å². The lowest BCUT2D eigenvalue weighted by Crippen LogP contribution is -2.41. The number of anilines is 1. The largest absolute Gasteiger partial charge is 0.363 e. The van der Waals surface area contributed by atoms with Crippen LogP contribution in [0.1, 0.15) is 13.3 Å². The molecular formula is C21H27N5O2. The van der Waals surface area contributed by atoms with E-state index in [1.165, 1.54) is 0 Å². The summed E-state index contributed by atoms with van der Waals surface area (Å²) in [6.45, 7) is 4.73. The Morgan fingerprint density at radius 2 is 2.18 bits per heavy atom. The molecule has 2 aromatic heterocycles. The van der Waals surface area contributed by atoms with E-state index in [4.69, 9.17) is 0 Å². The number of aromatic nitrogens is 2. The van der Waals surface area contributed by atoms with Gasteiger partial charge < -0.3 is 20.1 Å². The minimum Gasteiger partial charge on any atom is -0.363 e. The lowest BCUT2D eigenvalue weighted by Gasteiger charge is -2.29. The van der Waals surface area contributed by atoms with E-state index in [1.807, 2.05) is 43.1 Å². The van der Waals surface area contributed by atoms with E-state index in [0.29, 0.717) is 31.9 Å². The summed E-state index contributed by atoms with van der Waals surface area (Å²) in [5.41, 5.74) is 2.47. The molecule has 0 radical (unpaired) electrons. The smallest absolute Gasteiger partial charge is 0.271 e. The Hall–Kier alpha value is -2.93. The van der Waals surface area contributed by atoms with Crippen molar-refractivity contribution >= 4 is 11.6 Å². The molecule has 3 heterocycles. The summed E-state index contributed by atoms with van der Waals surface area (Å²) in [7, 11) is 1.84. The second kappa shape index (κ2) is 9.32. The van der Waals surface area contributed by atoms with Crippen molar-refractivity contribution in [3.63, 3.8) is 0 Å². The van der Waals surface area contributed by atoms with Gasteiger partial charge in [-0.2, -0.15) is 0 Å². The highest BCUT2D eigenvalue weighted by atomic mass is 16.2. The van der Waals surface area contributed by atoms with Crippen molar-refractivity contribution in [1.29, 1.82) is 0 Å². The van der Waals surface area contributed by atoms with Crippen LogP contribution in [0.4, 0.5) is 5.69 Å². The van der Waals surface area contributed by atoms with Gasteiger partial charge >= 0.3 is 0 Å². The van der Waals surface area contributed by atoms with Crippen LogP contribution in [0.25, 0.3) is 11.1 Å². The molecule has 0 bridgehead atoms. The van der Waals surface area contributed by atoms with Crippen molar-refractivity contribution in [3.8, 4) is 11.1 Å². The standard InChI is InChI=1S/C21H27N5O2/c1-3-26(18-8-12-25(15-18)20(27)5-4-9-22-2)19-13-17(14-24-21(19)28)16-6-10-23-11-7-16/h4-7,10-11,13-14,18,22H,3,8-9,12,15H2,1-2H3,(H,24,28). The number of carbonyl (C=O) groups excluding carboxylic acids is 1. The molecule has 2 aromatic rings. The van der Waals surface area contributed by atoms with Crippen LogP contribution in [0.5, 0.6) is 0 Å². The van der Waals surface area contributed by atoms with Crippen LogP contribution in [0.15, 0.2) is 53.7 Å². The second-order valence-corrected chi connectivity index (χ2v) is 6.81. The number of H-pyrrole nitrogens is 1. The summed E-state index contributed by atoms with van der Waals surface area (Å²) in [5.74, 6) is 0.0215. The minimum atomic E-state index is -0.113. The van der Waals surface area contributed by atoms with Crippen LogP contribution >= 0.6 is 0 Å². The van der Waals surface area contributed by atoms with Gasteiger partial charge in [-0.3, -0.25) is 14.6 Å². The zero-order chi connectivity index (χ0) is 19.9. The zero-order valence-electron chi connectivity index (χ0n) is 16.4. The number of hydrogen-bond acceptors (Lipinski definition) is 5. The Balaban J connectivity index is 1.79. The lowest BCUT2D eigenvalue weighted by molar-refractivity contribution is -0.125. The van der Waals surface area contributed by atoms with E-state index in [2.05, 4.69) is 20.2 Å². The van der Waals surface area contributed by atoms with Crippen molar-refractivity contribution in [1.82, 2.24) is 20.2 Å². The van der Waals surface area contributed by atoms with Crippen LogP contribution in [0.3, 0.4) is 0 Å². The van der Waals surface area contributed by atoms with Gasteiger partial charge in [-0.1, -0.05) is 6.08 Å². The van der Waals surface area contributed by atoms with Crippen LogP contribution in [-0.2, 0) is 4.79 Å². The van der Waals surface area contributed by atoms with Crippen molar-refractivity contribution < 1.29 is 4.79 Å². The SMILES string of the molecule is CCN(c1cc(-c2ccncc2)c[nH]c1=O)C1CCN(C(=O)C=CCNC)C1. The quantitative estimate of drug-likeness (QED) is 0.713. The molecule has 7 heteroatoms. The molecular weight excluding hydrogens is 354 g/mol. The third-order valence-corrected chi connectivity index (χ3v) is 5.05. The van der Waals surface area contributed by atoms with Gasteiger partial charge in [-0.25, -0.2) is 0 Å². The normalized spacial score (nSPS) is 16.6. The molecule has 2 N–H and O–H groups in total. The van der Waals surface area contributed by atoms with Crippen LogP contribution in [0.2, 0.25) is 0 Å². The number of nitrogens with one attached hydrogen (secondary N) is 2. The summed E-state index contributed by atoms with van der Waals surface area (Å²) in [6.07, 6.45) is 9.49. The first-order valence-electron chi connectivity index (χ1n) is 9.63. The Morgan fingerprint density at radius 1 is 1.39 bits per heavy atom. The van der Waals surface area contributed by atoms with E-state index in [1.54, 1.807) is 24.7 Å². The maximum atomic E-state index is 12.5. The fourth-order valence-electron chi connectivity index (χ4n) is 3.60. The van der Waals surface area contributed by atoms with E-state index in [0.717, 1.165) is 17.5 Å². The van der Waals surface area contributed by atoms with E-state index < -0.39 is 0 Å². The van der Waals surface area contributed by atoms with Crippen molar-refractivity contribution in [2.75, 3.05) is 38.1 Å². The maximum Gasteiger partial charge on any atom is 0.271 e. The first-order chi connectivity index (χ1) is 13.6. The third-order valence-electron chi connectivity index (χ3n) is 5.05. The molecule has 7 nitrogen and oxygen atoms in total. The molecule has 1 amide bonds. The van der Waals surface area contributed by atoms with E-state index >= 15 is 0 Å². The summed E-state index contributed by atoms with van der Waals surface area (Å²) < 4.78 is 0. The molecule has 1 atom stereocenters. The predicted molar refractivity (Wildman–Crippen MR) is 111 cm³/mol. The monoisotopic (exact) mass is 381 g/mol. The van der Waals surface area contributed by atoms with Crippen molar-refractivity contribution in [3.05, 3.63) is 59.3 Å². The van der Waals surface area contributed by atoms with Gasteiger partial charge in [-0.05, 0) is 44.2 Å². The average molecular weight is 381 g/mol. The number of amides is 1. The van der Waals surface area contributed by atoms with Crippen LogP contribution in [0, 0.1) is 0 Å². The minimum absolute atomic E-state index is 0.0215. The average Bonchev–Trinajstić information content (AvgIpc) is 3.21. The second-order valence-electron chi connectivity index (χ2n) is 6.81. The molecule has 1 unspecified atom stereocenters. The van der Waals surface area contributed by atoms with Crippen molar-refractivity contribution in [2.45, 2.75) is 19.4 Å². The fraction of sp³-hybridized carbons (Fsp3) is 0.381. The van der Waals surface area contributed by atoms with Gasteiger partial charge in [-0.15, -0.1) is 0 Å². The number of likely N-dealkylation sites (tertiary alicyclic amines) is 1. The number of hydrogen-bond donors (Lipinski definition) is 2. The molecule has 28 heavy (non-hydrogen) atoms. The molecule has 1 saturated heterocycles. The maximum absolute atomic E-state index is 12.5. The third kappa shape index (κ3) is 4.48. The molecule has 1 aliphatic rings. The number of pyridine rings is 2. The molecule has 0 spiro atoms. The van der Waals surface area contributed by atoms with Crippen LogP contribution < -0.4 is 15.8 Å². The van der Waals surface area contributed by atoms with Gasteiger partial charge in [0.25, 0.3) is 5.56 Å². The van der Waals surface area contributed by atoms with E-state index in [9.17, 15) is 9.59 Å². The molecule has 0 aliphatic carbocycles. The van der Waals surface area contributed by atoms with Gasteiger partial charge in [0.2, 0.25) is 5.91 Å². The van der Waals surface area contributed by atoms with Gasteiger partial charge in [0.15, 0.2) is 0 Å². The Kier molecular flexibility index (Phi) is 6.60. The number of aromatic amines is 1. The number of likely N-dealkylation sites (N-methyl/N-ethyl adjacent to an activating group) is 2. The Labute approximate surface area is 165 Å². The highest BCUT2D eigenvalue weighted by Gasteiger charge is 2.30. The number of nitrogens with zero attached hydrogens (tertiary/aromatic N) is 3. The Morgan fingerprint density at radius 3 is 2.89 bits per heavy atom. The highest BCUT2D eigenvalue weighted by Crippen LogP contribution is 2.25. The van der Waals surface area contributed by atoms with Crippen LogP contribution in [-0.4, -0.2) is 60.0 Å². The zero-order valence-corrected chi connectivity index (χ0v) is 16.4. The molecule has 1 aliphatic heterocycles. The molecule has 148 valence electrons. The summed E-state index contributed by atoms with van der Waals surface area (Å²) >= 11 is 0. The summed E-state index contributed by atoms with van der Waals surface area (Å²) in [4.78, 5) is 35.7. The van der Waals surface area contributed by atoms with Gasteiger partial charge in [0.05, 0.1) is 0 Å². The summed E-state index contributed by atoms with van der Waals surface area (Å²) in [6, 6.07) is 5.89. The molecule has 3 rings (SSSR count). The first kappa shape index (κ1) is 19.8. The highest BCUT2D eigenvalue weighted by molar-refractivity contribution is 5.88. The molecule has 0 aromatic carbocycles. The molecule has 1 fully saturated rings. The lowest BCUT2D eigenvalue weighted by atomic mass is 10.1. The topological polar surface area (TPSA) is 81.3 Å². The van der Waals surface area contributed by atoms with Gasteiger partial charge in [0, 0.05) is 62.5 Å². The number of carbonyl (C=O) groups is 1. The fourth-order valence-corrected chi connectivity index (χ4v) is 3.60. The first-order valence-corrected chi connectivity index (χ1v) is 9.63. The number of rotatable bonds is 7. The summed E-state index contributed by atoms with van der Waals surface area (Å²) in [5, 5.41) is 2.99. The van der Waals surface area contributed by atoms with Gasteiger partial charge in [0.1, 0.15) is 5.69 Å². The molecule has 0 saturated carbocycles. The van der Waals surface area contributed by atoms with E-state index in [-0.39, 0.29) is 17.5 Å².